The second-order valence-electron chi connectivity index (χ2n) is 2.85. The van der Waals surface area contributed by atoms with E-state index in [0.29, 0.717) is 13.1 Å². The molecule has 0 saturated carbocycles. The summed E-state index contributed by atoms with van der Waals surface area (Å²) in [7, 11) is 1.64. The summed E-state index contributed by atoms with van der Waals surface area (Å²) in [5.41, 5.74) is 4.85. The third kappa shape index (κ3) is 1.07. The van der Waals surface area contributed by atoms with Gasteiger partial charge in [0.1, 0.15) is 5.60 Å². The topological polar surface area (TPSA) is 55.6 Å². The molecular weight excluding hydrogens is 132 g/mol. The molecule has 10 heavy (non-hydrogen) atoms. The van der Waals surface area contributed by atoms with Crippen molar-refractivity contribution >= 4 is 6.03 Å². The van der Waals surface area contributed by atoms with E-state index in [0.717, 1.165) is 0 Å². The molecule has 0 aromatic rings. The third-order valence-corrected chi connectivity index (χ3v) is 1.86. The first-order valence-electron chi connectivity index (χ1n) is 3.17. The average molecular weight is 144 g/mol. The van der Waals surface area contributed by atoms with E-state index in [2.05, 4.69) is 0 Å². The number of carbonyl (C=O) groups excluding carboxylic acids is 1. The van der Waals surface area contributed by atoms with Crippen LogP contribution in [0.3, 0.4) is 0 Å². The van der Waals surface area contributed by atoms with Crippen molar-refractivity contribution in [2.24, 2.45) is 5.73 Å². The van der Waals surface area contributed by atoms with Crippen LogP contribution in [0.5, 0.6) is 0 Å². The highest BCUT2D eigenvalue weighted by Crippen LogP contribution is 2.22. The number of hydrogen-bond acceptors (Lipinski definition) is 2. The van der Waals surface area contributed by atoms with Gasteiger partial charge in [-0.2, -0.15) is 0 Å². The Kier molecular flexibility index (Phi) is 1.56. The van der Waals surface area contributed by atoms with Crippen LogP contribution >= 0.6 is 0 Å². The number of amides is 2. The molecule has 1 fully saturated rings. The number of ether oxygens (including phenoxy) is 1. The van der Waals surface area contributed by atoms with Crippen LogP contribution in [0.2, 0.25) is 0 Å². The molecule has 2 amide bonds. The van der Waals surface area contributed by atoms with Gasteiger partial charge >= 0.3 is 6.03 Å². The van der Waals surface area contributed by atoms with E-state index in [4.69, 9.17) is 10.5 Å². The van der Waals surface area contributed by atoms with E-state index in [1.807, 2.05) is 6.92 Å². The summed E-state index contributed by atoms with van der Waals surface area (Å²) in [5.74, 6) is 0. The van der Waals surface area contributed by atoms with Crippen LogP contribution in [0.25, 0.3) is 0 Å². The van der Waals surface area contributed by atoms with Crippen molar-refractivity contribution < 1.29 is 9.53 Å². The number of rotatable bonds is 1. The van der Waals surface area contributed by atoms with Crippen molar-refractivity contribution in [1.29, 1.82) is 0 Å². The van der Waals surface area contributed by atoms with Gasteiger partial charge in [-0.15, -0.1) is 0 Å². The maximum absolute atomic E-state index is 10.5. The first-order valence-corrected chi connectivity index (χ1v) is 3.17. The molecule has 58 valence electrons. The SMILES string of the molecule is COC1(C)CN(C(N)=O)C1. The van der Waals surface area contributed by atoms with Gasteiger partial charge in [0, 0.05) is 7.11 Å². The molecule has 0 atom stereocenters. The van der Waals surface area contributed by atoms with E-state index in [1.54, 1.807) is 12.0 Å². The van der Waals surface area contributed by atoms with Gasteiger partial charge in [0.25, 0.3) is 0 Å². The van der Waals surface area contributed by atoms with Gasteiger partial charge in [0.15, 0.2) is 0 Å². The van der Waals surface area contributed by atoms with Gasteiger partial charge in [-0.3, -0.25) is 0 Å². The van der Waals surface area contributed by atoms with Gasteiger partial charge in [-0.05, 0) is 6.92 Å². The molecule has 4 heteroatoms. The summed E-state index contributed by atoms with van der Waals surface area (Å²) in [6.45, 7) is 3.17. The number of nitrogens with two attached hydrogens (primary N) is 1. The van der Waals surface area contributed by atoms with Gasteiger partial charge in [0.05, 0.1) is 13.1 Å². The molecule has 0 aliphatic carbocycles. The fourth-order valence-corrected chi connectivity index (χ4v) is 1.05. The van der Waals surface area contributed by atoms with Crippen LogP contribution < -0.4 is 5.73 Å². The Hall–Kier alpha value is -0.770. The summed E-state index contributed by atoms with van der Waals surface area (Å²) in [5, 5.41) is 0. The summed E-state index contributed by atoms with van der Waals surface area (Å²) >= 11 is 0. The average Bonchev–Trinajstić information content (AvgIpc) is 1.80. The first-order chi connectivity index (χ1) is 4.57. The monoisotopic (exact) mass is 144 g/mol. The lowest BCUT2D eigenvalue weighted by Crippen LogP contribution is -2.63. The molecule has 0 unspecified atom stereocenters. The van der Waals surface area contributed by atoms with Crippen LogP contribution in [0, 0.1) is 0 Å². The molecule has 0 radical (unpaired) electrons. The molecule has 2 N–H and O–H groups in total. The minimum atomic E-state index is -0.366. The molecule has 0 bridgehead atoms. The van der Waals surface area contributed by atoms with Gasteiger partial charge in [-0.25, -0.2) is 4.79 Å². The number of carbonyl (C=O) groups is 1. The molecule has 1 rings (SSSR count). The lowest BCUT2D eigenvalue weighted by molar-refractivity contribution is -0.0897. The van der Waals surface area contributed by atoms with E-state index in [9.17, 15) is 4.79 Å². The van der Waals surface area contributed by atoms with E-state index < -0.39 is 0 Å². The predicted molar refractivity (Wildman–Crippen MR) is 36.6 cm³/mol. The van der Waals surface area contributed by atoms with Crippen molar-refractivity contribution in [2.45, 2.75) is 12.5 Å². The van der Waals surface area contributed by atoms with Crippen LogP contribution in [-0.2, 0) is 4.74 Å². The molecule has 0 aromatic carbocycles. The van der Waals surface area contributed by atoms with Crippen molar-refractivity contribution in [1.82, 2.24) is 4.90 Å². The number of nitrogens with zero attached hydrogens (tertiary/aromatic N) is 1. The number of urea groups is 1. The highest BCUT2D eigenvalue weighted by atomic mass is 16.5. The molecule has 0 spiro atoms. The molecule has 4 nitrogen and oxygen atoms in total. The van der Waals surface area contributed by atoms with Crippen LogP contribution in [-0.4, -0.2) is 36.7 Å². The Morgan fingerprint density at radius 2 is 2.20 bits per heavy atom. The van der Waals surface area contributed by atoms with E-state index in [1.165, 1.54) is 0 Å². The standard InChI is InChI=1S/C6H12N2O2/c1-6(10-2)3-8(4-6)5(7)9/h3-4H2,1-2H3,(H2,7,9). The maximum Gasteiger partial charge on any atom is 0.314 e. The third-order valence-electron chi connectivity index (χ3n) is 1.86. The Balaban J connectivity index is 2.36. The summed E-state index contributed by atoms with van der Waals surface area (Å²) < 4.78 is 5.10. The van der Waals surface area contributed by atoms with Crippen molar-refractivity contribution in [2.75, 3.05) is 20.2 Å². The number of likely N-dealkylation sites (tertiary alicyclic amines) is 1. The second-order valence-corrected chi connectivity index (χ2v) is 2.85. The second kappa shape index (κ2) is 2.12. The number of hydrogen-bond donors (Lipinski definition) is 1. The molecule has 1 aliphatic heterocycles. The highest BCUT2D eigenvalue weighted by molar-refractivity contribution is 5.73. The smallest absolute Gasteiger partial charge is 0.314 e. The molecule has 0 aromatic heterocycles. The zero-order valence-corrected chi connectivity index (χ0v) is 6.26. The van der Waals surface area contributed by atoms with E-state index >= 15 is 0 Å². The maximum atomic E-state index is 10.5. The zero-order valence-electron chi connectivity index (χ0n) is 6.26. The molecular formula is C6H12N2O2. The fraction of sp³-hybridized carbons (Fsp3) is 0.833. The normalized spacial score (nSPS) is 22.0. The Morgan fingerprint density at radius 1 is 1.70 bits per heavy atom. The highest BCUT2D eigenvalue weighted by Gasteiger charge is 2.40. The lowest BCUT2D eigenvalue weighted by atomic mass is 9.97. The van der Waals surface area contributed by atoms with Crippen molar-refractivity contribution in [3.63, 3.8) is 0 Å². The van der Waals surface area contributed by atoms with Crippen LogP contribution in [0.1, 0.15) is 6.92 Å². The lowest BCUT2D eigenvalue weighted by Gasteiger charge is -2.45. The Labute approximate surface area is 59.9 Å². The van der Waals surface area contributed by atoms with Crippen LogP contribution in [0.4, 0.5) is 4.79 Å². The summed E-state index contributed by atoms with van der Waals surface area (Å²) in [6, 6.07) is -0.366. The quantitative estimate of drug-likeness (QED) is 0.553. The van der Waals surface area contributed by atoms with Gasteiger partial charge in [0.2, 0.25) is 0 Å². The van der Waals surface area contributed by atoms with Crippen LogP contribution in [0.15, 0.2) is 0 Å². The Bertz CT molecular complexity index is 152. The zero-order chi connectivity index (χ0) is 7.78. The Morgan fingerprint density at radius 3 is 2.50 bits per heavy atom. The van der Waals surface area contributed by atoms with Crippen molar-refractivity contribution in [3.05, 3.63) is 0 Å². The largest absolute Gasteiger partial charge is 0.375 e. The van der Waals surface area contributed by atoms with Gasteiger partial charge < -0.3 is 15.4 Å². The fourth-order valence-electron chi connectivity index (χ4n) is 1.05. The molecule has 1 aliphatic rings. The molecule has 1 heterocycles. The number of methoxy groups -OCH3 is 1. The summed E-state index contributed by atoms with van der Waals surface area (Å²) in [6.07, 6.45) is 0. The van der Waals surface area contributed by atoms with E-state index in [-0.39, 0.29) is 11.6 Å². The predicted octanol–water partition coefficient (Wildman–Crippen LogP) is -0.214. The first kappa shape index (κ1) is 7.34. The minimum absolute atomic E-state index is 0.158. The van der Waals surface area contributed by atoms with Crippen molar-refractivity contribution in [3.8, 4) is 0 Å². The summed E-state index contributed by atoms with van der Waals surface area (Å²) in [4.78, 5) is 12.0. The minimum Gasteiger partial charge on any atom is -0.375 e. The molecule has 1 saturated heterocycles. The number of primary amides is 1. The van der Waals surface area contributed by atoms with Gasteiger partial charge in [-0.1, -0.05) is 0 Å².